The van der Waals surface area contributed by atoms with Crippen LogP contribution < -0.4 is 24.8 Å². The number of rotatable bonds is 4. The molecular weight excluding hydrogens is 498 g/mol. The Morgan fingerprint density at radius 1 is 0.871 bits per heavy atom. The van der Waals surface area contributed by atoms with Gasteiger partial charge in [0.05, 0.1) is 0 Å². The Kier molecular flexibility index (Phi) is 9.71. The van der Waals surface area contributed by atoms with Crippen LogP contribution in [0.15, 0.2) is 47.1 Å². The van der Waals surface area contributed by atoms with Crippen LogP contribution in [0.3, 0.4) is 0 Å². The first-order valence-electron chi connectivity index (χ1n) is 12.7. The number of hydrogen-bond donors (Lipinski definition) is 0. The Hall–Kier alpha value is 0.293. The van der Waals surface area contributed by atoms with Crippen molar-refractivity contribution >= 4 is 3.21 Å². The van der Waals surface area contributed by atoms with E-state index in [1.807, 2.05) is 5.57 Å². The summed E-state index contributed by atoms with van der Waals surface area (Å²) in [5.41, 5.74) is 5.38. The summed E-state index contributed by atoms with van der Waals surface area (Å²) < 4.78 is 3.17. The van der Waals surface area contributed by atoms with Crippen molar-refractivity contribution in [2.45, 2.75) is 88.1 Å². The molecule has 0 spiro atoms. The molecule has 0 bridgehead atoms. The predicted octanol–water partition coefficient (Wildman–Crippen LogP) is 1.85. The fourth-order valence-electron chi connectivity index (χ4n) is 7.74. The zero-order valence-electron chi connectivity index (χ0n) is 19.4. The molecule has 0 amide bonds. The summed E-state index contributed by atoms with van der Waals surface area (Å²) in [4.78, 5) is 0. The van der Waals surface area contributed by atoms with E-state index in [-0.39, 0.29) is 24.8 Å². The maximum atomic E-state index is 2.66. The van der Waals surface area contributed by atoms with Gasteiger partial charge < -0.3 is 24.8 Å². The number of allylic oxidation sites excluding steroid dienone is 8. The van der Waals surface area contributed by atoms with Crippen LogP contribution in [0.2, 0.25) is 3.63 Å². The molecule has 0 aromatic rings. The molecule has 0 aromatic carbocycles. The smallest absolute Gasteiger partial charge is 1.00 e. The molecule has 31 heavy (non-hydrogen) atoms. The van der Waals surface area contributed by atoms with Crippen LogP contribution in [0.5, 0.6) is 0 Å². The van der Waals surface area contributed by atoms with Crippen molar-refractivity contribution in [2.75, 3.05) is 0 Å². The van der Waals surface area contributed by atoms with Gasteiger partial charge in [-0.25, -0.2) is 0 Å². The average Bonchev–Trinajstić information content (AvgIpc) is 3.34. The van der Waals surface area contributed by atoms with Gasteiger partial charge in [-0.2, -0.15) is 0 Å². The van der Waals surface area contributed by atoms with Gasteiger partial charge in [-0.05, 0) is 0 Å². The Morgan fingerprint density at radius 2 is 1.61 bits per heavy atom. The first-order chi connectivity index (χ1) is 14.3. The number of fused-ring (bicyclic) bond motifs is 3. The molecule has 5 aliphatic rings. The van der Waals surface area contributed by atoms with Gasteiger partial charge in [0.1, 0.15) is 0 Å². The van der Waals surface area contributed by atoms with E-state index in [0.29, 0.717) is 0 Å². The van der Waals surface area contributed by atoms with Crippen molar-refractivity contribution in [3.05, 3.63) is 47.1 Å². The molecule has 0 aromatic heterocycles. The summed E-state index contributed by atoms with van der Waals surface area (Å²) in [5.74, 6) is 4.65. The third-order valence-corrected chi connectivity index (χ3v) is 13.9. The Balaban J connectivity index is 0.00000136. The Bertz CT molecular complexity index is 779. The maximum Gasteiger partial charge on any atom is -1.00 e. The standard InChI is InChI=1S/C22H29.C6H10.2ClH.Zr/c1-3-15-12-13-21(17(15)4-2)20-11-7-10-19-18-9-6-5-8-16(18)14-22(19)20;1-2-4-6-5-3-1;;;/h5-6,8-9,12,14,16,18-20,22H,3-4,7,10-11,13H2,1-2H3;1-5H2;2*1H;/q;;;;+2/p-2. The van der Waals surface area contributed by atoms with Crippen LogP contribution >= 0.6 is 0 Å². The second kappa shape index (κ2) is 11.6. The molecule has 0 aliphatic heterocycles. The normalized spacial score (nSPS) is 36.2. The van der Waals surface area contributed by atoms with E-state index in [4.69, 9.17) is 0 Å². The van der Waals surface area contributed by atoms with E-state index in [2.05, 4.69) is 47.4 Å². The molecule has 169 valence electrons. The van der Waals surface area contributed by atoms with Gasteiger partial charge >= 0.3 is 191 Å². The maximum absolute atomic E-state index is 2.66. The van der Waals surface area contributed by atoms with E-state index in [9.17, 15) is 0 Å². The summed E-state index contributed by atoms with van der Waals surface area (Å²) >= 11 is -0.443. The third kappa shape index (κ3) is 4.91. The van der Waals surface area contributed by atoms with E-state index in [1.165, 1.54) is 70.6 Å². The summed E-state index contributed by atoms with van der Waals surface area (Å²) in [7, 11) is 0. The van der Waals surface area contributed by atoms with Crippen LogP contribution in [-0.4, -0.2) is 3.21 Å². The summed E-state index contributed by atoms with van der Waals surface area (Å²) in [6.45, 7) is 4.78. The number of hydrogen-bond acceptors (Lipinski definition) is 0. The van der Waals surface area contributed by atoms with Crippen LogP contribution in [0, 0.1) is 29.6 Å². The average molecular weight is 538 g/mol. The van der Waals surface area contributed by atoms with Crippen molar-refractivity contribution in [1.29, 1.82) is 0 Å². The van der Waals surface area contributed by atoms with E-state index >= 15 is 0 Å². The van der Waals surface area contributed by atoms with Crippen LogP contribution in [0.4, 0.5) is 0 Å². The minimum absolute atomic E-state index is 0. The largest absolute Gasteiger partial charge is 1.00 e. The van der Waals surface area contributed by atoms with Crippen LogP contribution in [-0.2, 0) is 22.8 Å². The molecule has 0 nitrogen and oxygen atoms in total. The van der Waals surface area contributed by atoms with Gasteiger partial charge in [0.2, 0.25) is 0 Å². The van der Waals surface area contributed by atoms with E-state index < -0.39 is 22.8 Å². The van der Waals surface area contributed by atoms with Gasteiger partial charge in [0.25, 0.3) is 0 Å². The molecule has 3 saturated carbocycles. The minimum atomic E-state index is -0.443. The SMILES string of the molecule is CCC1=CCC(C2CCCC3C4C=CC=CC4[CH]([Zr+2]=[C]4CCCCC4)C23)=C1CC.[Cl-].[Cl-]. The predicted molar refractivity (Wildman–Crippen MR) is 122 cm³/mol. The Labute approximate surface area is 214 Å². The molecule has 0 N–H and O–H groups in total. The monoisotopic (exact) mass is 535 g/mol. The van der Waals surface area contributed by atoms with Gasteiger partial charge in [-0.15, -0.1) is 0 Å². The molecule has 3 heteroatoms. The van der Waals surface area contributed by atoms with Crippen molar-refractivity contribution < 1.29 is 47.6 Å². The van der Waals surface area contributed by atoms with Crippen LogP contribution in [0.1, 0.15) is 84.5 Å². The van der Waals surface area contributed by atoms with Crippen molar-refractivity contribution in [3.63, 3.8) is 0 Å². The molecular formula is C28H39Cl2Zr. The van der Waals surface area contributed by atoms with E-state index in [1.54, 1.807) is 11.1 Å². The van der Waals surface area contributed by atoms with Crippen molar-refractivity contribution in [1.82, 2.24) is 0 Å². The fraction of sp³-hybridized carbons (Fsp3) is 0.679. The molecule has 0 radical (unpaired) electrons. The molecule has 5 aliphatic carbocycles. The summed E-state index contributed by atoms with van der Waals surface area (Å²) in [6.07, 6.45) is 28.4. The topological polar surface area (TPSA) is 0 Å². The fourth-order valence-corrected chi connectivity index (χ4v) is 13.4. The molecule has 0 heterocycles. The van der Waals surface area contributed by atoms with Gasteiger partial charge in [-0.3, -0.25) is 0 Å². The second-order valence-corrected chi connectivity index (χ2v) is 14.3. The van der Waals surface area contributed by atoms with E-state index in [0.717, 1.165) is 33.2 Å². The zero-order chi connectivity index (χ0) is 19.8. The van der Waals surface area contributed by atoms with Crippen molar-refractivity contribution in [3.8, 4) is 0 Å². The van der Waals surface area contributed by atoms with Gasteiger partial charge in [-0.1, -0.05) is 0 Å². The third-order valence-electron chi connectivity index (χ3n) is 8.91. The quantitative estimate of drug-likeness (QED) is 0.514. The zero-order valence-corrected chi connectivity index (χ0v) is 23.4. The second-order valence-electron chi connectivity index (χ2n) is 10.2. The minimum Gasteiger partial charge on any atom is -1.00 e. The first kappa shape index (κ1) is 25.9. The Morgan fingerprint density at radius 3 is 2.32 bits per heavy atom. The van der Waals surface area contributed by atoms with Crippen LogP contribution in [0.25, 0.3) is 0 Å². The van der Waals surface area contributed by atoms with Gasteiger partial charge in [0.15, 0.2) is 0 Å². The molecule has 5 rings (SSSR count). The molecule has 3 fully saturated rings. The first-order valence-corrected chi connectivity index (χ1v) is 15.3. The molecule has 6 unspecified atom stereocenters. The van der Waals surface area contributed by atoms with Gasteiger partial charge in [0, 0.05) is 0 Å². The van der Waals surface area contributed by atoms with Crippen molar-refractivity contribution in [2.24, 2.45) is 29.6 Å². The number of halogens is 2. The molecule has 6 atom stereocenters. The summed E-state index contributed by atoms with van der Waals surface area (Å²) in [6, 6.07) is 0. The summed E-state index contributed by atoms with van der Waals surface area (Å²) in [5, 5.41) is 0. The molecule has 0 saturated heterocycles.